The zero-order valence-electron chi connectivity index (χ0n) is 9.78. The molecule has 0 aliphatic carbocycles. The monoisotopic (exact) mass is 279 g/mol. The number of halogens is 3. The first-order valence-corrected chi connectivity index (χ1v) is 4.72. The minimum absolute atomic E-state index is 0.350. The number of rotatable bonds is 3. The van der Waals surface area contributed by atoms with Gasteiger partial charge in [0.2, 0.25) is 0 Å². The van der Waals surface area contributed by atoms with Crippen molar-refractivity contribution in [2.45, 2.75) is 6.36 Å². The molecule has 0 aliphatic heterocycles. The number of pyridine rings is 1. The molecule has 0 bridgehead atoms. The van der Waals surface area contributed by atoms with E-state index in [4.69, 9.17) is 0 Å². The van der Waals surface area contributed by atoms with Gasteiger partial charge < -0.3 is 14.2 Å². The highest BCUT2D eigenvalue weighted by atomic mass is 19.4. The Balaban J connectivity index is 3.24. The van der Waals surface area contributed by atoms with Gasteiger partial charge in [-0.3, -0.25) is 0 Å². The van der Waals surface area contributed by atoms with Crippen molar-refractivity contribution < 1.29 is 37.0 Å². The summed E-state index contributed by atoms with van der Waals surface area (Å²) < 4.78 is 48.6. The molecule has 6 nitrogen and oxygen atoms in total. The Morgan fingerprint density at radius 2 is 1.68 bits per heavy atom. The van der Waals surface area contributed by atoms with Crippen LogP contribution in [0.5, 0.6) is 5.75 Å². The maximum Gasteiger partial charge on any atom is 0.573 e. The third-order valence-electron chi connectivity index (χ3n) is 1.86. The Bertz CT molecular complexity index is 500. The summed E-state index contributed by atoms with van der Waals surface area (Å²) in [7, 11) is 2.01. The third-order valence-corrected chi connectivity index (χ3v) is 1.86. The Morgan fingerprint density at radius 3 is 2.16 bits per heavy atom. The van der Waals surface area contributed by atoms with Crippen LogP contribution in [0.25, 0.3) is 0 Å². The second-order valence-electron chi connectivity index (χ2n) is 3.07. The Morgan fingerprint density at radius 1 is 1.11 bits per heavy atom. The Hall–Kier alpha value is -2.32. The average molecular weight is 279 g/mol. The summed E-state index contributed by atoms with van der Waals surface area (Å²) in [5.41, 5.74) is -1.12. The van der Waals surface area contributed by atoms with E-state index in [1.807, 2.05) is 0 Å². The largest absolute Gasteiger partial charge is 0.573 e. The molecule has 1 aromatic rings. The zero-order valence-corrected chi connectivity index (χ0v) is 9.78. The average Bonchev–Trinajstić information content (AvgIpc) is 2.35. The molecule has 0 saturated carbocycles. The molecule has 0 aliphatic rings. The van der Waals surface area contributed by atoms with Gasteiger partial charge in [-0.05, 0) is 12.1 Å². The quantitative estimate of drug-likeness (QED) is 0.781. The van der Waals surface area contributed by atoms with E-state index in [-0.39, 0.29) is 5.69 Å². The summed E-state index contributed by atoms with van der Waals surface area (Å²) in [5.74, 6) is -2.96. The first kappa shape index (κ1) is 14.7. The molecular formula is C10H8F3NO5. The molecule has 0 amide bonds. The van der Waals surface area contributed by atoms with Crippen LogP contribution in [0.3, 0.4) is 0 Å². The second-order valence-corrected chi connectivity index (χ2v) is 3.07. The lowest BCUT2D eigenvalue weighted by molar-refractivity contribution is -0.274. The third kappa shape index (κ3) is 3.83. The number of ether oxygens (including phenoxy) is 3. The molecular weight excluding hydrogens is 271 g/mol. The topological polar surface area (TPSA) is 74.7 Å². The minimum Gasteiger partial charge on any atom is -0.464 e. The number of carbonyl (C=O) groups excluding carboxylic acids is 2. The predicted octanol–water partition coefficient (Wildman–Crippen LogP) is 1.55. The fraction of sp³-hybridized carbons (Fsp3) is 0.300. The molecule has 0 unspecified atom stereocenters. The normalized spacial score (nSPS) is 10.8. The Kier molecular flexibility index (Phi) is 4.30. The van der Waals surface area contributed by atoms with Crippen molar-refractivity contribution in [3.63, 3.8) is 0 Å². The zero-order chi connectivity index (χ0) is 14.6. The van der Waals surface area contributed by atoms with Crippen LogP contribution in [-0.4, -0.2) is 37.5 Å². The van der Waals surface area contributed by atoms with Gasteiger partial charge >= 0.3 is 18.3 Å². The summed E-state index contributed by atoms with van der Waals surface area (Å²) in [6.07, 6.45) is -5.00. The van der Waals surface area contributed by atoms with Crippen LogP contribution in [-0.2, 0) is 9.47 Å². The van der Waals surface area contributed by atoms with Crippen LogP contribution in [0.1, 0.15) is 21.0 Å². The lowest BCUT2D eigenvalue weighted by Gasteiger charge is -2.12. The number of hydrogen-bond acceptors (Lipinski definition) is 6. The van der Waals surface area contributed by atoms with Gasteiger partial charge in [-0.2, -0.15) is 0 Å². The molecule has 1 aromatic heterocycles. The van der Waals surface area contributed by atoms with E-state index in [0.717, 1.165) is 26.4 Å². The molecule has 1 heterocycles. The van der Waals surface area contributed by atoms with Crippen LogP contribution in [0.2, 0.25) is 0 Å². The van der Waals surface area contributed by atoms with Gasteiger partial charge in [-0.25, -0.2) is 14.6 Å². The Labute approximate surface area is 105 Å². The summed E-state index contributed by atoms with van der Waals surface area (Å²) in [5, 5.41) is 0. The van der Waals surface area contributed by atoms with E-state index < -0.39 is 29.7 Å². The van der Waals surface area contributed by atoms with E-state index >= 15 is 0 Å². The lowest BCUT2D eigenvalue weighted by Crippen LogP contribution is -2.21. The number of alkyl halides is 3. The van der Waals surface area contributed by atoms with Crippen LogP contribution in [0.15, 0.2) is 12.1 Å². The standard InChI is InChI=1S/C10H8F3NO5/c1-17-8(15)5-3-4-6(19-10(11,12)13)7(14-5)9(16)18-2/h3-4H,1-2H3. The van der Waals surface area contributed by atoms with Gasteiger partial charge in [0.1, 0.15) is 5.69 Å². The molecule has 0 spiro atoms. The highest BCUT2D eigenvalue weighted by Gasteiger charge is 2.34. The lowest BCUT2D eigenvalue weighted by atomic mass is 10.2. The maximum atomic E-state index is 12.1. The van der Waals surface area contributed by atoms with Crippen molar-refractivity contribution in [2.24, 2.45) is 0 Å². The number of methoxy groups -OCH3 is 2. The molecule has 9 heteroatoms. The highest BCUT2D eigenvalue weighted by molar-refractivity contribution is 5.93. The van der Waals surface area contributed by atoms with E-state index in [2.05, 4.69) is 19.2 Å². The summed E-state index contributed by atoms with van der Waals surface area (Å²) in [6, 6.07) is 1.71. The van der Waals surface area contributed by atoms with Gasteiger partial charge in [0.05, 0.1) is 14.2 Å². The highest BCUT2D eigenvalue weighted by Crippen LogP contribution is 2.26. The van der Waals surface area contributed by atoms with Crippen molar-refractivity contribution in [1.29, 1.82) is 0 Å². The summed E-state index contributed by atoms with van der Waals surface area (Å²) in [6.45, 7) is 0. The molecule has 0 saturated heterocycles. The number of esters is 2. The molecule has 0 radical (unpaired) electrons. The predicted molar refractivity (Wildman–Crippen MR) is 53.6 cm³/mol. The first-order chi connectivity index (χ1) is 8.78. The van der Waals surface area contributed by atoms with E-state index in [1.165, 1.54) is 0 Å². The number of hydrogen-bond donors (Lipinski definition) is 0. The van der Waals surface area contributed by atoms with Crippen molar-refractivity contribution in [1.82, 2.24) is 4.98 Å². The molecule has 0 N–H and O–H groups in total. The van der Waals surface area contributed by atoms with Gasteiger partial charge in [0.25, 0.3) is 0 Å². The summed E-state index contributed by atoms with van der Waals surface area (Å²) in [4.78, 5) is 25.9. The van der Waals surface area contributed by atoms with Crippen molar-refractivity contribution in [3.05, 3.63) is 23.5 Å². The molecule has 0 aromatic carbocycles. The number of nitrogens with zero attached hydrogens (tertiary/aromatic N) is 1. The van der Waals surface area contributed by atoms with Crippen LogP contribution >= 0.6 is 0 Å². The fourth-order valence-electron chi connectivity index (χ4n) is 1.11. The van der Waals surface area contributed by atoms with Crippen molar-refractivity contribution in [2.75, 3.05) is 14.2 Å². The molecule has 0 atom stereocenters. The number of carbonyl (C=O) groups is 2. The molecule has 1 rings (SSSR count). The number of aromatic nitrogens is 1. The van der Waals surface area contributed by atoms with Crippen LogP contribution in [0.4, 0.5) is 13.2 Å². The van der Waals surface area contributed by atoms with E-state index in [9.17, 15) is 22.8 Å². The van der Waals surface area contributed by atoms with Gasteiger partial charge in [0, 0.05) is 0 Å². The second kappa shape index (κ2) is 5.55. The minimum atomic E-state index is -5.00. The summed E-state index contributed by atoms with van der Waals surface area (Å²) >= 11 is 0. The van der Waals surface area contributed by atoms with Crippen LogP contribution in [0, 0.1) is 0 Å². The van der Waals surface area contributed by atoms with E-state index in [1.54, 1.807) is 0 Å². The molecule has 19 heavy (non-hydrogen) atoms. The van der Waals surface area contributed by atoms with Gasteiger partial charge in [0.15, 0.2) is 11.4 Å². The van der Waals surface area contributed by atoms with Gasteiger partial charge in [-0.1, -0.05) is 0 Å². The first-order valence-electron chi connectivity index (χ1n) is 4.72. The maximum absolute atomic E-state index is 12.1. The van der Waals surface area contributed by atoms with Crippen LogP contribution < -0.4 is 4.74 Å². The van der Waals surface area contributed by atoms with Gasteiger partial charge in [-0.15, -0.1) is 13.2 Å². The van der Waals surface area contributed by atoms with E-state index in [0.29, 0.717) is 0 Å². The van der Waals surface area contributed by atoms with Crippen molar-refractivity contribution >= 4 is 11.9 Å². The molecule has 0 fully saturated rings. The van der Waals surface area contributed by atoms with Crippen molar-refractivity contribution in [3.8, 4) is 5.75 Å². The smallest absolute Gasteiger partial charge is 0.464 e. The molecule has 104 valence electrons. The fourth-order valence-corrected chi connectivity index (χ4v) is 1.11. The SMILES string of the molecule is COC(=O)c1ccc(OC(F)(F)F)c(C(=O)OC)n1.